The van der Waals surface area contributed by atoms with Crippen LogP contribution < -0.4 is 4.90 Å². The lowest BCUT2D eigenvalue weighted by molar-refractivity contribution is -0.127. The molecule has 0 bridgehead atoms. The minimum atomic E-state index is -0.228. The summed E-state index contributed by atoms with van der Waals surface area (Å²) in [5, 5.41) is 0. The summed E-state index contributed by atoms with van der Waals surface area (Å²) in [7, 11) is 0. The first-order valence-electron chi connectivity index (χ1n) is 7.43. The van der Waals surface area contributed by atoms with Crippen LogP contribution in [0.1, 0.15) is 26.3 Å². The van der Waals surface area contributed by atoms with Gasteiger partial charge in [0.2, 0.25) is 0 Å². The van der Waals surface area contributed by atoms with Crippen molar-refractivity contribution in [3.63, 3.8) is 0 Å². The van der Waals surface area contributed by atoms with Gasteiger partial charge in [0.15, 0.2) is 5.78 Å². The minimum absolute atomic E-state index is 0.228. The summed E-state index contributed by atoms with van der Waals surface area (Å²) in [5.41, 5.74) is 2.37. The summed E-state index contributed by atoms with van der Waals surface area (Å²) >= 11 is 0. The van der Waals surface area contributed by atoms with Gasteiger partial charge in [-0.15, -0.1) is 0 Å². The third-order valence-corrected chi connectivity index (χ3v) is 3.94. The first-order valence-corrected chi connectivity index (χ1v) is 7.43. The molecule has 1 aliphatic heterocycles. The molecule has 1 aliphatic rings. The molecule has 1 heterocycles. The molecule has 3 heteroatoms. The Bertz CT molecular complexity index is 468. The number of ketones is 1. The van der Waals surface area contributed by atoms with Crippen LogP contribution in [0.4, 0.5) is 5.69 Å². The molecular weight excluding hydrogens is 248 g/mol. The average molecular weight is 274 g/mol. The molecule has 1 fully saturated rings. The molecule has 0 atom stereocenters. The van der Waals surface area contributed by atoms with Crippen molar-refractivity contribution in [1.82, 2.24) is 4.90 Å². The molecule has 1 saturated heterocycles. The summed E-state index contributed by atoms with van der Waals surface area (Å²) in [6, 6.07) is 8.64. The van der Waals surface area contributed by atoms with Gasteiger partial charge in [0.25, 0.3) is 0 Å². The van der Waals surface area contributed by atoms with E-state index in [0.29, 0.717) is 12.3 Å². The summed E-state index contributed by atoms with van der Waals surface area (Å²) in [4.78, 5) is 16.8. The maximum atomic E-state index is 12.1. The number of aryl methyl sites for hydroxylation is 1. The van der Waals surface area contributed by atoms with Crippen molar-refractivity contribution in [3.05, 3.63) is 29.8 Å². The Hall–Kier alpha value is -1.35. The maximum Gasteiger partial charge on any atom is 0.152 e. The zero-order valence-corrected chi connectivity index (χ0v) is 13.1. The Morgan fingerprint density at radius 3 is 2.35 bits per heavy atom. The number of nitrogens with zero attached hydrogens (tertiary/aromatic N) is 2. The number of benzene rings is 1. The smallest absolute Gasteiger partial charge is 0.152 e. The minimum Gasteiger partial charge on any atom is -0.369 e. The Morgan fingerprint density at radius 1 is 1.15 bits per heavy atom. The lowest BCUT2D eigenvalue weighted by Crippen LogP contribution is -2.49. The highest BCUT2D eigenvalue weighted by atomic mass is 16.1. The molecule has 0 spiro atoms. The number of piperazine rings is 1. The van der Waals surface area contributed by atoms with Crippen molar-refractivity contribution in [3.8, 4) is 0 Å². The highest BCUT2D eigenvalue weighted by Gasteiger charge is 2.25. The van der Waals surface area contributed by atoms with Crippen molar-refractivity contribution >= 4 is 11.5 Å². The fraction of sp³-hybridized carbons (Fsp3) is 0.588. The second kappa shape index (κ2) is 5.96. The molecule has 1 aromatic carbocycles. The standard InChI is InChI=1S/C17H26N2O/c1-14-6-5-7-15(12-14)19-10-8-18(9-11-19)13-16(20)17(2,3)4/h5-7,12H,8-11,13H2,1-4H3. The predicted molar refractivity (Wildman–Crippen MR) is 84.3 cm³/mol. The molecule has 0 amide bonds. The molecule has 2 rings (SSSR count). The van der Waals surface area contributed by atoms with E-state index in [4.69, 9.17) is 0 Å². The maximum absolute atomic E-state index is 12.1. The van der Waals surface area contributed by atoms with Crippen LogP contribution in [0.3, 0.4) is 0 Å². The molecule has 110 valence electrons. The van der Waals surface area contributed by atoms with E-state index in [1.807, 2.05) is 20.8 Å². The fourth-order valence-electron chi connectivity index (χ4n) is 2.43. The monoisotopic (exact) mass is 274 g/mol. The average Bonchev–Trinajstić information content (AvgIpc) is 2.38. The van der Waals surface area contributed by atoms with E-state index in [1.54, 1.807) is 0 Å². The molecular formula is C17H26N2O. The number of hydrogen-bond donors (Lipinski definition) is 0. The molecule has 0 aromatic heterocycles. The van der Waals surface area contributed by atoms with Crippen LogP contribution >= 0.6 is 0 Å². The Morgan fingerprint density at radius 2 is 1.80 bits per heavy atom. The van der Waals surface area contributed by atoms with E-state index < -0.39 is 0 Å². The number of carbonyl (C=O) groups is 1. The van der Waals surface area contributed by atoms with Gasteiger partial charge in [0.1, 0.15) is 0 Å². The molecule has 1 aromatic rings. The van der Waals surface area contributed by atoms with Gasteiger partial charge in [-0.25, -0.2) is 0 Å². The van der Waals surface area contributed by atoms with Crippen LogP contribution in [-0.4, -0.2) is 43.4 Å². The summed E-state index contributed by atoms with van der Waals surface area (Å²) in [6.07, 6.45) is 0. The number of rotatable bonds is 3. The van der Waals surface area contributed by atoms with Crippen molar-refractivity contribution in [2.75, 3.05) is 37.6 Å². The number of anilines is 1. The quantitative estimate of drug-likeness (QED) is 0.847. The fourth-order valence-corrected chi connectivity index (χ4v) is 2.43. The Labute approximate surface area is 122 Å². The third-order valence-electron chi connectivity index (χ3n) is 3.94. The molecule has 0 saturated carbocycles. The lowest BCUT2D eigenvalue weighted by atomic mass is 9.90. The second-order valence-electron chi connectivity index (χ2n) is 6.78. The van der Waals surface area contributed by atoms with E-state index in [-0.39, 0.29) is 5.41 Å². The molecule has 0 N–H and O–H groups in total. The van der Waals surface area contributed by atoms with E-state index in [2.05, 4.69) is 41.0 Å². The van der Waals surface area contributed by atoms with E-state index in [1.165, 1.54) is 11.3 Å². The number of hydrogen-bond acceptors (Lipinski definition) is 3. The van der Waals surface area contributed by atoms with E-state index in [0.717, 1.165) is 26.2 Å². The number of carbonyl (C=O) groups excluding carboxylic acids is 1. The first kappa shape index (κ1) is 15.0. The SMILES string of the molecule is Cc1cccc(N2CCN(CC(=O)C(C)(C)C)CC2)c1. The van der Waals surface area contributed by atoms with Gasteiger partial charge >= 0.3 is 0 Å². The van der Waals surface area contributed by atoms with Gasteiger partial charge < -0.3 is 4.90 Å². The zero-order valence-electron chi connectivity index (χ0n) is 13.1. The van der Waals surface area contributed by atoms with Crippen molar-refractivity contribution in [1.29, 1.82) is 0 Å². The largest absolute Gasteiger partial charge is 0.369 e. The van der Waals surface area contributed by atoms with Gasteiger partial charge in [-0.1, -0.05) is 32.9 Å². The number of Topliss-reactive ketones (excluding diaryl/α,β-unsaturated/α-hetero) is 1. The van der Waals surface area contributed by atoms with Crippen LogP contribution in [0.5, 0.6) is 0 Å². The normalized spacial score (nSPS) is 17.3. The first-order chi connectivity index (χ1) is 9.36. The second-order valence-corrected chi connectivity index (χ2v) is 6.78. The van der Waals surface area contributed by atoms with Gasteiger partial charge in [-0.3, -0.25) is 9.69 Å². The van der Waals surface area contributed by atoms with Crippen LogP contribution in [0.15, 0.2) is 24.3 Å². The van der Waals surface area contributed by atoms with Gasteiger partial charge in [0.05, 0.1) is 6.54 Å². The predicted octanol–water partition coefficient (Wildman–Crippen LogP) is 2.73. The summed E-state index contributed by atoms with van der Waals surface area (Å²) in [5.74, 6) is 0.335. The molecule has 0 unspecified atom stereocenters. The van der Waals surface area contributed by atoms with Crippen LogP contribution in [-0.2, 0) is 4.79 Å². The molecule has 20 heavy (non-hydrogen) atoms. The molecule has 0 radical (unpaired) electrons. The third kappa shape index (κ3) is 3.83. The van der Waals surface area contributed by atoms with Crippen LogP contribution in [0.25, 0.3) is 0 Å². The lowest BCUT2D eigenvalue weighted by Gasteiger charge is -2.36. The Balaban J connectivity index is 1.88. The molecule has 0 aliphatic carbocycles. The van der Waals surface area contributed by atoms with E-state index >= 15 is 0 Å². The zero-order chi connectivity index (χ0) is 14.8. The summed E-state index contributed by atoms with van der Waals surface area (Å²) in [6.45, 7) is 12.6. The van der Waals surface area contributed by atoms with Crippen molar-refractivity contribution < 1.29 is 4.79 Å². The highest BCUT2D eigenvalue weighted by Crippen LogP contribution is 2.19. The topological polar surface area (TPSA) is 23.6 Å². The van der Waals surface area contributed by atoms with Crippen molar-refractivity contribution in [2.24, 2.45) is 5.41 Å². The summed E-state index contributed by atoms with van der Waals surface area (Å²) < 4.78 is 0. The Kier molecular flexibility index (Phi) is 4.48. The van der Waals surface area contributed by atoms with Gasteiger partial charge in [-0.2, -0.15) is 0 Å². The molecule has 3 nitrogen and oxygen atoms in total. The van der Waals surface area contributed by atoms with Crippen molar-refractivity contribution in [2.45, 2.75) is 27.7 Å². The van der Waals surface area contributed by atoms with Crippen LogP contribution in [0.2, 0.25) is 0 Å². The highest BCUT2D eigenvalue weighted by molar-refractivity contribution is 5.85. The van der Waals surface area contributed by atoms with Gasteiger partial charge in [-0.05, 0) is 24.6 Å². The van der Waals surface area contributed by atoms with Crippen LogP contribution in [0, 0.1) is 12.3 Å². The van der Waals surface area contributed by atoms with E-state index in [9.17, 15) is 4.79 Å². The van der Waals surface area contributed by atoms with Gasteiger partial charge in [0, 0.05) is 37.3 Å².